The molecule has 0 aromatic heterocycles. The van der Waals surface area contributed by atoms with Crippen molar-refractivity contribution >= 4 is 11.5 Å². The number of nitrogens with two attached hydrogens (primary N) is 1. The maximum atomic E-state index is 12.8. The first-order valence-electron chi connectivity index (χ1n) is 3.28. The second-order valence-electron chi connectivity index (χ2n) is 2.41. The molecule has 0 amide bonds. The number of hydrogen-bond donors (Lipinski definition) is 1. The molecule has 0 heterocycles. The van der Waals surface area contributed by atoms with Gasteiger partial charge in [0, 0.05) is 11.8 Å². The molecule has 0 saturated carbocycles. The average molecular weight is 171 g/mol. The highest BCUT2D eigenvalue weighted by Crippen LogP contribution is 2.18. The Bertz CT molecular complexity index is 313. The molecule has 2 nitrogen and oxygen atoms in total. The molecule has 0 bridgehead atoms. The number of carbonyl (C=O) groups is 1. The fraction of sp³-hybridized carbons (Fsp3) is 0.125. The Morgan fingerprint density at radius 1 is 1.42 bits per heavy atom. The van der Waals surface area contributed by atoms with E-state index in [1.54, 1.807) is 0 Å². The Morgan fingerprint density at radius 3 is 2.42 bits per heavy atom. The first kappa shape index (κ1) is 8.64. The molecule has 0 aliphatic rings. The van der Waals surface area contributed by atoms with Crippen LogP contribution in [0.3, 0.4) is 0 Å². The largest absolute Gasteiger partial charge is 0.398 e. The van der Waals surface area contributed by atoms with Crippen LogP contribution in [0.5, 0.6) is 0 Å². The predicted molar refractivity (Wildman–Crippen MR) is 40.8 cm³/mol. The zero-order chi connectivity index (χ0) is 9.30. The number of nitrogen functional groups attached to an aromatic ring is 1. The van der Waals surface area contributed by atoms with Crippen LogP contribution in [0.15, 0.2) is 12.1 Å². The first-order valence-corrected chi connectivity index (χ1v) is 3.28. The molecule has 0 saturated heterocycles. The van der Waals surface area contributed by atoms with Gasteiger partial charge in [0.1, 0.15) is 11.6 Å². The van der Waals surface area contributed by atoms with Crippen LogP contribution in [0, 0.1) is 11.6 Å². The van der Waals surface area contributed by atoms with Crippen LogP contribution in [0.25, 0.3) is 0 Å². The van der Waals surface area contributed by atoms with E-state index in [1.807, 2.05) is 0 Å². The zero-order valence-corrected chi connectivity index (χ0v) is 6.40. The maximum absolute atomic E-state index is 12.8. The fourth-order valence-electron chi connectivity index (χ4n) is 0.965. The number of benzene rings is 1. The van der Waals surface area contributed by atoms with E-state index >= 15 is 0 Å². The minimum absolute atomic E-state index is 0.167. The molecule has 0 atom stereocenters. The van der Waals surface area contributed by atoms with Gasteiger partial charge >= 0.3 is 0 Å². The van der Waals surface area contributed by atoms with Crippen LogP contribution in [0.4, 0.5) is 14.5 Å². The van der Waals surface area contributed by atoms with E-state index < -0.39 is 17.4 Å². The number of anilines is 1. The lowest BCUT2D eigenvalue weighted by molar-refractivity contribution is 0.101. The monoisotopic (exact) mass is 171 g/mol. The molecule has 1 aromatic rings. The van der Waals surface area contributed by atoms with Gasteiger partial charge in [-0.05, 0) is 13.0 Å². The van der Waals surface area contributed by atoms with E-state index in [-0.39, 0.29) is 11.3 Å². The van der Waals surface area contributed by atoms with Gasteiger partial charge < -0.3 is 5.73 Å². The van der Waals surface area contributed by atoms with Gasteiger partial charge in [-0.15, -0.1) is 0 Å². The van der Waals surface area contributed by atoms with Gasteiger partial charge in [-0.1, -0.05) is 0 Å². The summed E-state index contributed by atoms with van der Waals surface area (Å²) in [5, 5.41) is 0. The summed E-state index contributed by atoms with van der Waals surface area (Å²) in [5.41, 5.74) is 4.80. The third kappa shape index (κ3) is 1.42. The minimum atomic E-state index is -0.917. The summed E-state index contributed by atoms with van der Waals surface area (Å²) in [6.07, 6.45) is 0. The molecule has 0 fully saturated rings. The number of carbonyl (C=O) groups excluding carboxylic acids is 1. The van der Waals surface area contributed by atoms with E-state index in [0.717, 1.165) is 6.07 Å². The third-order valence-electron chi connectivity index (χ3n) is 1.44. The Hall–Kier alpha value is -1.45. The summed E-state index contributed by atoms with van der Waals surface area (Å²) in [6.45, 7) is 1.17. The van der Waals surface area contributed by atoms with Crippen LogP contribution in [0.1, 0.15) is 17.3 Å². The van der Waals surface area contributed by atoms with E-state index in [1.165, 1.54) is 6.92 Å². The van der Waals surface area contributed by atoms with Crippen molar-refractivity contribution in [2.45, 2.75) is 6.92 Å². The Kier molecular flexibility index (Phi) is 2.08. The van der Waals surface area contributed by atoms with Gasteiger partial charge in [0.05, 0.1) is 5.56 Å². The van der Waals surface area contributed by atoms with Crippen molar-refractivity contribution in [2.24, 2.45) is 0 Å². The topological polar surface area (TPSA) is 43.1 Å². The van der Waals surface area contributed by atoms with Crippen molar-refractivity contribution in [3.63, 3.8) is 0 Å². The van der Waals surface area contributed by atoms with Crippen LogP contribution in [0.2, 0.25) is 0 Å². The number of ketones is 1. The quantitative estimate of drug-likeness (QED) is 0.516. The SMILES string of the molecule is CC(=O)c1c(N)cc(F)cc1F. The van der Waals surface area contributed by atoms with E-state index in [0.29, 0.717) is 6.07 Å². The number of Topliss-reactive ketones (excluding diaryl/α,β-unsaturated/α-hetero) is 1. The minimum Gasteiger partial charge on any atom is -0.398 e. The maximum Gasteiger partial charge on any atom is 0.164 e. The third-order valence-corrected chi connectivity index (χ3v) is 1.44. The van der Waals surface area contributed by atoms with Gasteiger partial charge in [-0.3, -0.25) is 4.79 Å². The lowest BCUT2D eigenvalue weighted by Crippen LogP contribution is -2.03. The number of rotatable bonds is 1. The van der Waals surface area contributed by atoms with Crippen LogP contribution in [-0.4, -0.2) is 5.78 Å². The zero-order valence-electron chi connectivity index (χ0n) is 6.40. The van der Waals surface area contributed by atoms with Crippen molar-refractivity contribution in [2.75, 3.05) is 5.73 Å². The fourth-order valence-corrected chi connectivity index (χ4v) is 0.965. The van der Waals surface area contributed by atoms with Crippen LogP contribution >= 0.6 is 0 Å². The Labute approximate surface area is 68.0 Å². The molecule has 0 unspecified atom stereocenters. The molecule has 2 N–H and O–H groups in total. The van der Waals surface area contributed by atoms with Crippen molar-refractivity contribution in [3.8, 4) is 0 Å². The van der Waals surface area contributed by atoms with Crippen LogP contribution < -0.4 is 5.73 Å². The average Bonchev–Trinajstić information content (AvgIpc) is 1.82. The second-order valence-corrected chi connectivity index (χ2v) is 2.41. The summed E-state index contributed by atoms with van der Waals surface area (Å²) in [4.78, 5) is 10.8. The second kappa shape index (κ2) is 2.89. The highest BCUT2D eigenvalue weighted by atomic mass is 19.1. The summed E-state index contributed by atoms with van der Waals surface area (Å²) in [5.74, 6) is -2.21. The predicted octanol–water partition coefficient (Wildman–Crippen LogP) is 1.75. The summed E-state index contributed by atoms with van der Waals surface area (Å²) in [7, 11) is 0. The molecule has 12 heavy (non-hydrogen) atoms. The van der Waals surface area contributed by atoms with E-state index in [9.17, 15) is 13.6 Å². The smallest absolute Gasteiger partial charge is 0.164 e. The summed E-state index contributed by atoms with van der Waals surface area (Å²) >= 11 is 0. The molecule has 0 aliphatic carbocycles. The Morgan fingerprint density at radius 2 is 2.00 bits per heavy atom. The van der Waals surface area contributed by atoms with Crippen molar-refractivity contribution < 1.29 is 13.6 Å². The Balaban J connectivity index is 3.38. The molecular weight excluding hydrogens is 164 g/mol. The lowest BCUT2D eigenvalue weighted by Gasteiger charge is -2.02. The van der Waals surface area contributed by atoms with Crippen LogP contribution in [-0.2, 0) is 0 Å². The molecule has 0 aliphatic heterocycles. The molecule has 4 heteroatoms. The highest BCUT2D eigenvalue weighted by Gasteiger charge is 2.12. The van der Waals surface area contributed by atoms with Gasteiger partial charge in [0.15, 0.2) is 5.78 Å². The normalized spacial score (nSPS) is 9.92. The van der Waals surface area contributed by atoms with E-state index in [4.69, 9.17) is 5.73 Å². The molecule has 1 rings (SSSR count). The van der Waals surface area contributed by atoms with Gasteiger partial charge in [-0.2, -0.15) is 0 Å². The number of halogens is 2. The van der Waals surface area contributed by atoms with Crippen molar-refractivity contribution in [1.29, 1.82) is 0 Å². The summed E-state index contributed by atoms with van der Waals surface area (Å²) < 4.78 is 25.3. The molecule has 1 aromatic carbocycles. The highest BCUT2D eigenvalue weighted by molar-refractivity contribution is 5.99. The molecule has 0 radical (unpaired) electrons. The first-order chi connectivity index (χ1) is 5.52. The lowest BCUT2D eigenvalue weighted by atomic mass is 10.1. The summed E-state index contributed by atoms with van der Waals surface area (Å²) in [6, 6.07) is 1.55. The van der Waals surface area contributed by atoms with Gasteiger partial charge in [0.2, 0.25) is 0 Å². The molecule has 0 spiro atoms. The van der Waals surface area contributed by atoms with Crippen molar-refractivity contribution in [1.82, 2.24) is 0 Å². The molecule has 64 valence electrons. The van der Waals surface area contributed by atoms with E-state index in [2.05, 4.69) is 0 Å². The van der Waals surface area contributed by atoms with Crippen molar-refractivity contribution in [3.05, 3.63) is 29.3 Å². The van der Waals surface area contributed by atoms with Gasteiger partial charge in [-0.25, -0.2) is 8.78 Å². The molecular formula is C8H7F2NO. The standard InChI is InChI=1S/C8H7F2NO/c1-4(12)8-6(10)2-5(9)3-7(8)11/h2-3H,11H2,1H3. The van der Waals surface area contributed by atoms with Gasteiger partial charge in [0.25, 0.3) is 0 Å². The number of hydrogen-bond acceptors (Lipinski definition) is 2.